The maximum absolute atomic E-state index is 11.0. The van der Waals surface area contributed by atoms with Gasteiger partial charge in [-0.25, -0.2) is 0 Å². The highest BCUT2D eigenvalue weighted by molar-refractivity contribution is 6.38. The highest BCUT2D eigenvalue weighted by Gasteiger charge is 2.20. The van der Waals surface area contributed by atoms with E-state index >= 15 is 0 Å². The number of alkyl halides is 1. The van der Waals surface area contributed by atoms with Crippen molar-refractivity contribution in [2.24, 2.45) is 0 Å². The van der Waals surface area contributed by atoms with Crippen LogP contribution in [0.5, 0.6) is 0 Å². The topological polar surface area (TPSA) is 72.2 Å². The normalized spacial score (nSPS) is 9.94. The number of amides is 1. The molecule has 1 rings (SSSR count). The van der Waals surface area contributed by atoms with Crippen molar-refractivity contribution in [1.82, 2.24) is 0 Å². The molecule has 0 radical (unpaired) electrons. The van der Waals surface area contributed by atoms with Crippen LogP contribution in [-0.2, 0) is 4.79 Å². The van der Waals surface area contributed by atoms with Gasteiger partial charge in [0.1, 0.15) is 11.6 Å². The van der Waals surface area contributed by atoms with Crippen LogP contribution in [0.3, 0.4) is 0 Å². The Kier molecular flexibility index (Phi) is 4.35. The Hall–Kier alpha value is -1.04. The maximum Gasteiger partial charge on any atom is 0.295 e. The largest absolute Gasteiger partial charge is 0.318 e. The molecule has 8 heteroatoms. The minimum Gasteiger partial charge on any atom is -0.318 e. The number of nitro groups is 1. The number of halogens is 3. The van der Waals surface area contributed by atoms with Gasteiger partial charge in [0.25, 0.3) is 5.69 Å². The number of carbonyl (C=O) groups excluding carboxylic acids is 1. The van der Waals surface area contributed by atoms with Crippen molar-refractivity contribution in [3.05, 3.63) is 32.3 Å². The standard InChI is InChI=1S/C8H5Cl3N2O3/c9-3-7(14)12-8-5(11)1-4(10)2-6(8)13(15)16/h1-2H,3H2,(H,12,14). The summed E-state index contributed by atoms with van der Waals surface area (Å²) in [5.41, 5.74) is -0.488. The van der Waals surface area contributed by atoms with Crippen molar-refractivity contribution >= 4 is 52.1 Å². The molecule has 0 bridgehead atoms. The Bertz CT molecular complexity index is 450. The van der Waals surface area contributed by atoms with E-state index in [0.29, 0.717) is 0 Å². The van der Waals surface area contributed by atoms with Crippen LogP contribution >= 0.6 is 34.8 Å². The molecule has 0 fully saturated rings. The van der Waals surface area contributed by atoms with E-state index in [9.17, 15) is 14.9 Å². The SMILES string of the molecule is O=C(CCl)Nc1c(Cl)cc(Cl)cc1[N+](=O)[O-]. The van der Waals surface area contributed by atoms with Crippen molar-refractivity contribution in [2.45, 2.75) is 0 Å². The van der Waals surface area contributed by atoms with Crippen molar-refractivity contribution in [3.63, 3.8) is 0 Å². The summed E-state index contributed by atoms with van der Waals surface area (Å²) in [4.78, 5) is 21.0. The summed E-state index contributed by atoms with van der Waals surface area (Å²) >= 11 is 16.6. The lowest BCUT2D eigenvalue weighted by Crippen LogP contribution is -2.14. The third-order valence-electron chi connectivity index (χ3n) is 1.62. The molecule has 0 unspecified atom stereocenters. The Morgan fingerprint density at radius 2 is 2.06 bits per heavy atom. The summed E-state index contributed by atoms with van der Waals surface area (Å²) in [5.74, 6) is -0.912. The first-order valence-corrected chi connectivity index (χ1v) is 5.24. The Labute approximate surface area is 105 Å². The minimum absolute atomic E-state index is 0.0160. The van der Waals surface area contributed by atoms with E-state index in [1.165, 1.54) is 6.07 Å². The van der Waals surface area contributed by atoms with Crippen molar-refractivity contribution in [2.75, 3.05) is 11.2 Å². The summed E-state index contributed by atoms with van der Waals surface area (Å²) < 4.78 is 0. The number of nitrogens with zero attached hydrogens (tertiary/aromatic N) is 1. The van der Waals surface area contributed by atoms with Crippen molar-refractivity contribution in [1.29, 1.82) is 0 Å². The molecule has 0 aliphatic carbocycles. The predicted molar refractivity (Wildman–Crippen MR) is 62.5 cm³/mol. The molecule has 1 aromatic carbocycles. The van der Waals surface area contributed by atoms with E-state index in [-0.39, 0.29) is 27.3 Å². The van der Waals surface area contributed by atoms with Gasteiger partial charge in [-0.2, -0.15) is 0 Å². The average Bonchev–Trinajstić information content (AvgIpc) is 2.20. The molecule has 0 saturated heterocycles. The van der Waals surface area contributed by atoms with Gasteiger partial charge in [0.05, 0.1) is 9.95 Å². The summed E-state index contributed by atoms with van der Waals surface area (Å²) in [6, 6.07) is 2.39. The summed E-state index contributed by atoms with van der Waals surface area (Å²) in [5, 5.41) is 13.0. The van der Waals surface area contributed by atoms with Crippen molar-refractivity contribution < 1.29 is 9.72 Å². The minimum atomic E-state index is -0.693. The molecule has 86 valence electrons. The Morgan fingerprint density at radius 1 is 1.44 bits per heavy atom. The van der Waals surface area contributed by atoms with Crippen LogP contribution in [0.15, 0.2) is 12.1 Å². The molecular weight excluding hydrogens is 278 g/mol. The van der Waals surface area contributed by atoms with Gasteiger partial charge in [-0.15, -0.1) is 11.6 Å². The van der Waals surface area contributed by atoms with E-state index in [1.807, 2.05) is 0 Å². The quantitative estimate of drug-likeness (QED) is 0.526. The molecule has 1 aromatic rings. The van der Waals surface area contributed by atoms with Crippen LogP contribution in [0.2, 0.25) is 10.0 Å². The second kappa shape index (κ2) is 5.34. The van der Waals surface area contributed by atoms with Gasteiger partial charge in [0.2, 0.25) is 5.91 Å². The first-order chi connectivity index (χ1) is 7.45. The van der Waals surface area contributed by atoms with Gasteiger partial charge < -0.3 is 5.32 Å². The number of carbonyl (C=O) groups is 1. The maximum atomic E-state index is 11.0. The van der Waals surface area contributed by atoms with E-state index in [0.717, 1.165) is 6.07 Å². The summed E-state index contributed by atoms with van der Waals surface area (Å²) in [6.07, 6.45) is 0. The molecule has 0 aromatic heterocycles. The molecule has 1 N–H and O–H groups in total. The van der Waals surface area contributed by atoms with Gasteiger partial charge in [0.15, 0.2) is 0 Å². The third kappa shape index (κ3) is 2.98. The number of hydrogen-bond acceptors (Lipinski definition) is 3. The van der Waals surface area contributed by atoms with Gasteiger partial charge in [-0.3, -0.25) is 14.9 Å². The van der Waals surface area contributed by atoms with Crippen LogP contribution in [0.1, 0.15) is 0 Å². The van der Waals surface area contributed by atoms with Crippen LogP contribution < -0.4 is 5.32 Å². The second-order valence-corrected chi connectivity index (χ2v) is 3.83. The Balaban J connectivity index is 3.24. The number of nitrogens with one attached hydrogen (secondary N) is 1. The van der Waals surface area contributed by atoms with Crippen LogP contribution in [0, 0.1) is 10.1 Å². The number of rotatable bonds is 3. The lowest BCUT2D eigenvalue weighted by Gasteiger charge is -2.06. The number of benzene rings is 1. The number of anilines is 1. The van der Waals surface area contributed by atoms with Crippen LogP contribution in [0.25, 0.3) is 0 Å². The summed E-state index contributed by atoms with van der Waals surface area (Å²) in [7, 11) is 0. The lowest BCUT2D eigenvalue weighted by atomic mass is 10.2. The van der Waals surface area contributed by atoms with E-state index in [1.54, 1.807) is 0 Å². The fraction of sp³-hybridized carbons (Fsp3) is 0.125. The molecule has 0 aliphatic rings. The van der Waals surface area contributed by atoms with Crippen LogP contribution in [0.4, 0.5) is 11.4 Å². The predicted octanol–water partition coefficient (Wildman–Crippen LogP) is 3.08. The number of nitro benzene ring substituents is 1. The smallest absolute Gasteiger partial charge is 0.295 e. The zero-order valence-electron chi connectivity index (χ0n) is 7.67. The zero-order chi connectivity index (χ0) is 12.3. The van der Waals surface area contributed by atoms with Gasteiger partial charge in [0, 0.05) is 11.1 Å². The molecule has 0 atom stereocenters. The molecular formula is C8H5Cl3N2O3. The first-order valence-electron chi connectivity index (χ1n) is 3.95. The molecule has 0 aliphatic heterocycles. The van der Waals surface area contributed by atoms with E-state index in [2.05, 4.69) is 5.32 Å². The monoisotopic (exact) mass is 282 g/mol. The molecule has 0 spiro atoms. The van der Waals surface area contributed by atoms with Gasteiger partial charge in [-0.1, -0.05) is 23.2 Å². The lowest BCUT2D eigenvalue weighted by molar-refractivity contribution is -0.383. The average molecular weight is 283 g/mol. The molecule has 0 saturated carbocycles. The molecule has 0 heterocycles. The van der Waals surface area contributed by atoms with Gasteiger partial charge in [-0.05, 0) is 6.07 Å². The van der Waals surface area contributed by atoms with E-state index in [4.69, 9.17) is 34.8 Å². The molecule has 16 heavy (non-hydrogen) atoms. The molecule has 1 amide bonds. The highest BCUT2D eigenvalue weighted by Crippen LogP contribution is 2.35. The van der Waals surface area contributed by atoms with Crippen LogP contribution in [-0.4, -0.2) is 16.7 Å². The number of hydrogen-bond donors (Lipinski definition) is 1. The second-order valence-electron chi connectivity index (χ2n) is 2.72. The fourth-order valence-electron chi connectivity index (χ4n) is 1.00. The summed E-state index contributed by atoms with van der Waals surface area (Å²) in [6.45, 7) is 0. The van der Waals surface area contributed by atoms with Gasteiger partial charge >= 0.3 is 0 Å². The zero-order valence-corrected chi connectivity index (χ0v) is 9.94. The van der Waals surface area contributed by atoms with E-state index < -0.39 is 10.8 Å². The molecule has 5 nitrogen and oxygen atoms in total. The highest BCUT2D eigenvalue weighted by atomic mass is 35.5. The van der Waals surface area contributed by atoms with Crippen molar-refractivity contribution in [3.8, 4) is 0 Å². The Morgan fingerprint density at radius 3 is 2.56 bits per heavy atom. The fourth-order valence-corrected chi connectivity index (χ4v) is 1.60. The first kappa shape index (κ1) is 13.0. The third-order valence-corrected chi connectivity index (χ3v) is 2.38.